The number of aromatic nitrogens is 3. The minimum absolute atomic E-state index is 0.0437. The summed E-state index contributed by atoms with van der Waals surface area (Å²) >= 11 is 0. The van der Waals surface area contributed by atoms with Crippen molar-refractivity contribution in [2.24, 2.45) is 0 Å². The van der Waals surface area contributed by atoms with Crippen LogP contribution < -0.4 is 0 Å². The molecule has 3 aromatic rings. The lowest BCUT2D eigenvalue weighted by molar-refractivity contribution is 0.0602. The van der Waals surface area contributed by atoms with E-state index in [9.17, 15) is 13.6 Å². The van der Waals surface area contributed by atoms with E-state index in [-0.39, 0.29) is 16.9 Å². The molecule has 2 heterocycles. The Morgan fingerprint density at radius 2 is 2.00 bits per heavy atom. The van der Waals surface area contributed by atoms with Gasteiger partial charge in [0.1, 0.15) is 11.3 Å². The van der Waals surface area contributed by atoms with Crippen molar-refractivity contribution in [3.05, 3.63) is 53.9 Å². The molecule has 0 aliphatic carbocycles. The van der Waals surface area contributed by atoms with E-state index in [4.69, 9.17) is 0 Å². The highest BCUT2D eigenvalue weighted by Crippen LogP contribution is 2.26. The molecule has 3 rings (SSSR count). The molecular weight excluding hydrogens is 292 g/mol. The fourth-order valence-corrected chi connectivity index (χ4v) is 2.15. The highest BCUT2D eigenvalue weighted by molar-refractivity contribution is 5.95. The summed E-state index contributed by atoms with van der Waals surface area (Å²) in [5.41, 5.74) is 0.766. The molecule has 0 atom stereocenters. The number of rotatable bonds is 3. The van der Waals surface area contributed by atoms with Gasteiger partial charge in [-0.1, -0.05) is 30.3 Å². The minimum Gasteiger partial charge on any atom is -0.465 e. The van der Waals surface area contributed by atoms with Gasteiger partial charge in [0.2, 0.25) is 0 Å². The highest BCUT2D eigenvalue weighted by atomic mass is 19.3. The molecule has 2 aromatic heterocycles. The van der Waals surface area contributed by atoms with E-state index in [1.165, 1.54) is 19.4 Å². The molecule has 0 N–H and O–H groups in total. The summed E-state index contributed by atoms with van der Waals surface area (Å²) in [6.45, 7) is 0. The second kappa shape index (κ2) is 5.51. The average molecular weight is 303 g/mol. The van der Waals surface area contributed by atoms with Gasteiger partial charge in [-0.15, -0.1) is 0 Å². The van der Waals surface area contributed by atoms with E-state index >= 15 is 0 Å². The van der Waals surface area contributed by atoms with Crippen molar-refractivity contribution in [1.29, 1.82) is 0 Å². The smallest absolute Gasteiger partial charge is 0.343 e. The van der Waals surface area contributed by atoms with E-state index in [1.54, 1.807) is 24.3 Å². The van der Waals surface area contributed by atoms with Gasteiger partial charge in [0.15, 0.2) is 5.65 Å². The summed E-state index contributed by atoms with van der Waals surface area (Å²) in [5.74, 6) is -0.673. The third kappa shape index (κ3) is 2.30. The van der Waals surface area contributed by atoms with Gasteiger partial charge < -0.3 is 4.74 Å². The number of carbonyl (C=O) groups is 1. The molecule has 7 heteroatoms. The van der Waals surface area contributed by atoms with Crippen LogP contribution in [0.4, 0.5) is 8.78 Å². The van der Waals surface area contributed by atoms with Crippen molar-refractivity contribution in [2.45, 2.75) is 6.43 Å². The fraction of sp³-hybridized carbons (Fsp3) is 0.133. The molecule has 0 aliphatic rings. The predicted octanol–water partition coefficient (Wildman–Crippen LogP) is 3.12. The number of benzene rings is 1. The Morgan fingerprint density at radius 1 is 1.27 bits per heavy atom. The Hall–Kier alpha value is -2.83. The van der Waals surface area contributed by atoms with Gasteiger partial charge in [-0.25, -0.2) is 23.1 Å². The van der Waals surface area contributed by atoms with Crippen LogP contribution in [0.1, 0.15) is 22.5 Å². The van der Waals surface area contributed by atoms with Crippen LogP contribution in [0.25, 0.3) is 16.9 Å². The second-order valence-electron chi connectivity index (χ2n) is 4.52. The van der Waals surface area contributed by atoms with Crippen molar-refractivity contribution in [2.75, 3.05) is 7.11 Å². The molecule has 5 nitrogen and oxygen atoms in total. The number of carbonyl (C=O) groups excluding carboxylic acids is 1. The SMILES string of the molecule is COC(=O)c1cnn2c(C(F)F)cc(-c3ccccc3)nc12. The molecule has 0 amide bonds. The van der Waals surface area contributed by atoms with Gasteiger partial charge in [0, 0.05) is 5.56 Å². The van der Waals surface area contributed by atoms with Crippen LogP contribution >= 0.6 is 0 Å². The first-order chi connectivity index (χ1) is 10.6. The van der Waals surface area contributed by atoms with Crippen LogP contribution in [0.2, 0.25) is 0 Å². The summed E-state index contributed by atoms with van der Waals surface area (Å²) in [7, 11) is 1.21. The van der Waals surface area contributed by atoms with Crippen LogP contribution in [0.3, 0.4) is 0 Å². The number of ether oxygens (including phenoxy) is 1. The largest absolute Gasteiger partial charge is 0.465 e. The van der Waals surface area contributed by atoms with Crippen LogP contribution in [-0.2, 0) is 4.74 Å². The maximum Gasteiger partial charge on any atom is 0.343 e. The molecule has 1 aromatic carbocycles. The fourth-order valence-electron chi connectivity index (χ4n) is 2.15. The number of methoxy groups -OCH3 is 1. The van der Waals surface area contributed by atoms with Crippen molar-refractivity contribution in [3.63, 3.8) is 0 Å². The van der Waals surface area contributed by atoms with Gasteiger partial charge >= 0.3 is 5.97 Å². The molecular formula is C15H11F2N3O2. The minimum atomic E-state index is -2.75. The average Bonchev–Trinajstić information content (AvgIpc) is 2.97. The highest BCUT2D eigenvalue weighted by Gasteiger charge is 2.21. The molecule has 22 heavy (non-hydrogen) atoms. The molecule has 112 valence electrons. The quantitative estimate of drug-likeness (QED) is 0.698. The summed E-state index contributed by atoms with van der Waals surface area (Å²) in [5, 5.41) is 3.82. The Labute approximate surface area is 124 Å². The van der Waals surface area contributed by atoms with Gasteiger partial charge in [0.25, 0.3) is 6.43 Å². The molecule has 0 radical (unpaired) electrons. The lowest BCUT2D eigenvalue weighted by atomic mass is 10.1. The normalized spacial score (nSPS) is 11.1. The lowest BCUT2D eigenvalue weighted by Crippen LogP contribution is -2.05. The van der Waals surface area contributed by atoms with Crippen LogP contribution in [0.15, 0.2) is 42.6 Å². The number of fused-ring (bicyclic) bond motifs is 1. The number of alkyl halides is 2. The zero-order valence-corrected chi connectivity index (χ0v) is 11.5. The second-order valence-corrected chi connectivity index (χ2v) is 4.52. The van der Waals surface area contributed by atoms with E-state index in [2.05, 4.69) is 14.8 Å². The van der Waals surface area contributed by atoms with E-state index < -0.39 is 12.4 Å². The van der Waals surface area contributed by atoms with Gasteiger partial charge in [0.05, 0.1) is 19.0 Å². The molecule has 0 unspecified atom stereocenters. The maximum absolute atomic E-state index is 13.3. The van der Waals surface area contributed by atoms with Crippen molar-refractivity contribution >= 4 is 11.6 Å². The van der Waals surface area contributed by atoms with Crippen molar-refractivity contribution in [3.8, 4) is 11.3 Å². The number of halogens is 2. The summed E-state index contributed by atoms with van der Waals surface area (Å²) in [6, 6.07) is 10.1. The van der Waals surface area contributed by atoms with E-state index in [1.807, 2.05) is 6.07 Å². The van der Waals surface area contributed by atoms with Crippen molar-refractivity contribution < 1.29 is 18.3 Å². The molecule has 0 bridgehead atoms. The van der Waals surface area contributed by atoms with Gasteiger partial charge in [-0.05, 0) is 6.07 Å². The molecule has 0 saturated heterocycles. The van der Waals surface area contributed by atoms with Gasteiger partial charge in [-0.2, -0.15) is 5.10 Å². The Bertz CT molecular complexity index is 831. The molecule has 0 saturated carbocycles. The molecule has 0 aliphatic heterocycles. The van der Waals surface area contributed by atoms with Crippen LogP contribution in [0.5, 0.6) is 0 Å². The number of hydrogen-bond donors (Lipinski definition) is 0. The topological polar surface area (TPSA) is 56.5 Å². The zero-order valence-electron chi connectivity index (χ0n) is 11.5. The van der Waals surface area contributed by atoms with Crippen molar-refractivity contribution in [1.82, 2.24) is 14.6 Å². The van der Waals surface area contributed by atoms with Crippen LogP contribution in [-0.4, -0.2) is 27.7 Å². The summed E-state index contributed by atoms with van der Waals surface area (Å²) in [6.07, 6.45) is -1.58. The first-order valence-corrected chi connectivity index (χ1v) is 6.42. The van der Waals surface area contributed by atoms with Crippen LogP contribution in [0, 0.1) is 0 Å². The third-order valence-corrected chi connectivity index (χ3v) is 3.20. The first-order valence-electron chi connectivity index (χ1n) is 6.42. The lowest BCUT2D eigenvalue weighted by Gasteiger charge is -2.08. The van der Waals surface area contributed by atoms with E-state index in [0.29, 0.717) is 11.3 Å². The zero-order chi connectivity index (χ0) is 15.7. The monoisotopic (exact) mass is 303 g/mol. The summed E-state index contributed by atoms with van der Waals surface area (Å²) < 4.78 is 32.2. The number of nitrogens with zero attached hydrogens (tertiary/aromatic N) is 3. The Kier molecular flexibility index (Phi) is 3.54. The maximum atomic E-state index is 13.3. The van der Waals surface area contributed by atoms with Gasteiger partial charge in [-0.3, -0.25) is 0 Å². The molecule has 0 fully saturated rings. The first kappa shape index (κ1) is 14.1. The molecule has 0 spiro atoms. The summed E-state index contributed by atoms with van der Waals surface area (Å²) in [4.78, 5) is 16.0. The predicted molar refractivity (Wildman–Crippen MR) is 74.7 cm³/mol. The standard InChI is InChI=1S/C15H11F2N3O2/c1-22-15(21)10-8-18-20-12(13(16)17)7-11(19-14(10)20)9-5-3-2-4-6-9/h2-8,13H,1H3. The Morgan fingerprint density at radius 3 is 2.64 bits per heavy atom. The third-order valence-electron chi connectivity index (χ3n) is 3.20. The Balaban J connectivity index is 2.29. The number of esters is 1. The van der Waals surface area contributed by atoms with E-state index in [0.717, 1.165) is 4.52 Å². The number of hydrogen-bond acceptors (Lipinski definition) is 4.